The minimum Gasteiger partial charge on any atom is -0.405 e. The minimum absolute atomic E-state index is 0. The summed E-state index contributed by atoms with van der Waals surface area (Å²) in [6, 6.07) is 4.86. The molecule has 1 heterocycles. The minimum atomic E-state index is -1.25. The van der Waals surface area contributed by atoms with E-state index < -0.39 is 6.30 Å². The molecule has 1 aromatic heterocycles. The first-order valence-corrected chi connectivity index (χ1v) is 5.51. The number of hydrogen-bond donors (Lipinski definition) is 1. The third kappa shape index (κ3) is 5.36. The van der Waals surface area contributed by atoms with Gasteiger partial charge in [-0.25, -0.2) is 4.39 Å². The molecule has 2 N–H and O–H groups in total. The standard InChI is InChI=1S/C13H17FN3.Y/c1-9(2)11-4-5-13(17-7-11)12(6-15)8-16-10(3)14;/h5-10H,15H2,1-3H3;/q-1;/b12-6+,16-8+;. The van der Waals surface area contributed by atoms with Gasteiger partial charge >= 0.3 is 0 Å². The summed E-state index contributed by atoms with van der Waals surface area (Å²) in [5.74, 6) is 0.376. The molecule has 18 heavy (non-hydrogen) atoms. The van der Waals surface area contributed by atoms with Crippen molar-refractivity contribution in [2.75, 3.05) is 0 Å². The molecule has 1 radical (unpaired) electrons. The molecular weight excluding hydrogens is 306 g/mol. The first-order chi connectivity index (χ1) is 8.04. The summed E-state index contributed by atoms with van der Waals surface area (Å²) in [6.07, 6.45) is 3.24. The molecule has 3 nitrogen and oxygen atoms in total. The maximum atomic E-state index is 12.6. The summed E-state index contributed by atoms with van der Waals surface area (Å²) in [7, 11) is 0. The molecule has 0 bridgehead atoms. The Labute approximate surface area is 133 Å². The number of alkyl halides is 1. The van der Waals surface area contributed by atoms with Gasteiger partial charge in [-0.15, -0.1) is 5.56 Å². The molecule has 1 aromatic rings. The zero-order chi connectivity index (χ0) is 12.8. The van der Waals surface area contributed by atoms with Crippen LogP contribution in [0.3, 0.4) is 0 Å². The normalized spacial score (nSPS) is 13.7. The van der Waals surface area contributed by atoms with Gasteiger partial charge in [0.05, 0.1) is 0 Å². The number of rotatable bonds is 4. The van der Waals surface area contributed by atoms with Crippen molar-refractivity contribution in [1.29, 1.82) is 0 Å². The van der Waals surface area contributed by atoms with Crippen LogP contribution in [0.1, 0.15) is 37.9 Å². The number of aliphatic imine (C=N–C) groups is 1. The quantitative estimate of drug-likeness (QED) is 0.526. The van der Waals surface area contributed by atoms with E-state index in [1.54, 1.807) is 12.3 Å². The van der Waals surface area contributed by atoms with Gasteiger partial charge in [0, 0.05) is 38.9 Å². The van der Waals surface area contributed by atoms with E-state index in [9.17, 15) is 4.39 Å². The Morgan fingerprint density at radius 3 is 2.56 bits per heavy atom. The number of halogens is 1. The molecule has 1 atom stereocenters. The van der Waals surface area contributed by atoms with Gasteiger partial charge in [-0.1, -0.05) is 20.0 Å². The van der Waals surface area contributed by atoms with Crippen LogP contribution >= 0.6 is 0 Å². The van der Waals surface area contributed by atoms with E-state index in [4.69, 9.17) is 5.73 Å². The molecule has 0 saturated heterocycles. The third-order valence-corrected chi connectivity index (χ3v) is 2.23. The van der Waals surface area contributed by atoms with Crippen LogP contribution in [0.4, 0.5) is 4.39 Å². The van der Waals surface area contributed by atoms with Crippen LogP contribution in [0.25, 0.3) is 5.57 Å². The average Bonchev–Trinajstić information content (AvgIpc) is 2.30. The summed E-state index contributed by atoms with van der Waals surface area (Å²) in [4.78, 5) is 7.89. The van der Waals surface area contributed by atoms with Gasteiger partial charge in [-0.05, 0) is 30.3 Å². The van der Waals surface area contributed by atoms with Gasteiger partial charge in [0.15, 0.2) is 6.30 Å². The van der Waals surface area contributed by atoms with Crippen molar-refractivity contribution in [2.45, 2.75) is 33.0 Å². The zero-order valence-electron chi connectivity index (χ0n) is 10.9. The molecule has 0 aliphatic rings. The molecule has 95 valence electrons. The number of nitrogens with two attached hydrogens (primary N) is 1. The fourth-order valence-corrected chi connectivity index (χ4v) is 1.22. The second-order valence-electron chi connectivity index (χ2n) is 4.02. The van der Waals surface area contributed by atoms with E-state index in [1.807, 2.05) is 0 Å². The Kier molecular flexibility index (Phi) is 8.20. The Hall–Kier alpha value is -0.606. The van der Waals surface area contributed by atoms with Crippen LogP contribution in [0.2, 0.25) is 0 Å². The fraction of sp³-hybridized carbons (Fsp3) is 0.385. The van der Waals surface area contributed by atoms with Crippen molar-refractivity contribution < 1.29 is 37.1 Å². The topological polar surface area (TPSA) is 51.3 Å². The number of aromatic nitrogens is 1. The van der Waals surface area contributed by atoms with E-state index in [1.165, 1.54) is 19.3 Å². The average molecular weight is 323 g/mol. The van der Waals surface area contributed by atoms with Crippen LogP contribution in [-0.2, 0) is 32.7 Å². The van der Waals surface area contributed by atoms with E-state index in [-0.39, 0.29) is 32.7 Å². The molecule has 5 heteroatoms. The number of allylic oxidation sites excluding steroid dienone is 1. The molecular formula is C13H17FN3Y-. The maximum Gasteiger partial charge on any atom is 0.186 e. The van der Waals surface area contributed by atoms with Crippen LogP contribution in [0.5, 0.6) is 0 Å². The predicted molar refractivity (Wildman–Crippen MR) is 68.4 cm³/mol. The van der Waals surface area contributed by atoms with Gasteiger partial charge in [-0.3, -0.25) is 4.99 Å². The van der Waals surface area contributed by atoms with Crippen molar-refractivity contribution in [3.05, 3.63) is 35.8 Å². The monoisotopic (exact) mass is 323 g/mol. The fourth-order valence-electron chi connectivity index (χ4n) is 1.22. The summed E-state index contributed by atoms with van der Waals surface area (Å²) < 4.78 is 12.6. The van der Waals surface area contributed by atoms with E-state index in [0.29, 0.717) is 17.2 Å². The summed E-state index contributed by atoms with van der Waals surface area (Å²) >= 11 is 0. The van der Waals surface area contributed by atoms with Gasteiger partial charge < -0.3 is 10.7 Å². The van der Waals surface area contributed by atoms with Crippen molar-refractivity contribution in [3.63, 3.8) is 0 Å². The Morgan fingerprint density at radius 1 is 1.50 bits per heavy atom. The molecule has 1 unspecified atom stereocenters. The second-order valence-corrected chi connectivity index (χ2v) is 4.02. The van der Waals surface area contributed by atoms with Gasteiger partial charge in [0.2, 0.25) is 0 Å². The van der Waals surface area contributed by atoms with Crippen LogP contribution in [0, 0.1) is 6.07 Å². The first-order valence-electron chi connectivity index (χ1n) is 5.51. The number of pyridine rings is 1. The molecule has 0 aliphatic heterocycles. The van der Waals surface area contributed by atoms with E-state index in [0.717, 1.165) is 5.56 Å². The Bertz CT molecular complexity index is 411. The molecule has 0 saturated carbocycles. The molecule has 0 fully saturated rings. The molecule has 0 aliphatic carbocycles. The summed E-state index contributed by atoms with van der Waals surface area (Å²) in [5, 5.41) is 0. The van der Waals surface area contributed by atoms with Crippen molar-refractivity contribution in [1.82, 2.24) is 4.98 Å². The van der Waals surface area contributed by atoms with Crippen molar-refractivity contribution >= 4 is 11.8 Å². The molecule has 0 aromatic carbocycles. The molecule has 1 rings (SSSR count). The Morgan fingerprint density at radius 2 is 2.17 bits per heavy atom. The van der Waals surface area contributed by atoms with Crippen LogP contribution in [0.15, 0.2) is 23.5 Å². The van der Waals surface area contributed by atoms with Crippen molar-refractivity contribution in [3.8, 4) is 0 Å². The largest absolute Gasteiger partial charge is 0.405 e. The molecule has 0 amide bonds. The van der Waals surface area contributed by atoms with Crippen molar-refractivity contribution in [2.24, 2.45) is 10.7 Å². The SMILES string of the molecule is CC(F)/N=C/C(=C\N)c1c[c-]c(C(C)C)cn1.[Y]. The van der Waals surface area contributed by atoms with Gasteiger partial charge in [0.1, 0.15) is 0 Å². The van der Waals surface area contributed by atoms with E-state index >= 15 is 0 Å². The predicted octanol–water partition coefficient (Wildman–Crippen LogP) is 2.69. The smallest absolute Gasteiger partial charge is 0.186 e. The number of nitrogens with zero attached hydrogens (tertiary/aromatic N) is 2. The third-order valence-electron chi connectivity index (χ3n) is 2.23. The van der Waals surface area contributed by atoms with E-state index in [2.05, 4.69) is 29.9 Å². The molecule has 0 spiro atoms. The number of hydrogen-bond acceptors (Lipinski definition) is 3. The maximum absolute atomic E-state index is 12.6. The van der Waals surface area contributed by atoms with Crippen LogP contribution in [-0.4, -0.2) is 17.5 Å². The first kappa shape index (κ1) is 17.4. The Balaban J connectivity index is 0.00000289. The van der Waals surface area contributed by atoms with Crippen LogP contribution < -0.4 is 5.73 Å². The zero-order valence-corrected chi connectivity index (χ0v) is 13.7. The second kappa shape index (κ2) is 8.49. The summed E-state index contributed by atoms with van der Waals surface area (Å²) in [6.45, 7) is 5.49. The van der Waals surface area contributed by atoms with Gasteiger partial charge in [0.25, 0.3) is 0 Å². The van der Waals surface area contributed by atoms with Gasteiger partial charge in [-0.2, -0.15) is 12.1 Å². The summed E-state index contributed by atoms with van der Waals surface area (Å²) in [5.41, 5.74) is 7.71.